The summed E-state index contributed by atoms with van der Waals surface area (Å²) < 4.78 is 0. The predicted octanol–water partition coefficient (Wildman–Crippen LogP) is 5.25. The summed E-state index contributed by atoms with van der Waals surface area (Å²) in [6.45, 7) is 5.34. The highest BCUT2D eigenvalue weighted by Crippen LogP contribution is 2.30. The zero-order valence-electron chi connectivity index (χ0n) is 15.5. The average molecular weight is 377 g/mol. The SMILES string of the molecule is Clc1ccc(C(c2ccccc2)N2CCN(Cc3ccccc3)CC2)cc1. The van der Waals surface area contributed by atoms with E-state index in [1.54, 1.807) is 0 Å². The van der Waals surface area contributed by atoms with Crippen molar-refractivity contribution in [1.82, 2.24) is 9.80 Å². The summed E-state index contributed by atoms with van der Waals surface area (Å²) in [4.78, 5) is 5.15. The van der Waals surface area contributed by atoms with Crippen LogP contribution in [0, 0.1) is 0 Å². The molecular weight excluding hydrogens is 352 g/mol. The molecule has 1 saturated heterocycles. The quantitative estimate of drug-likeness (QED) is 0.600. The molecule has 1 aliphatic rings. The third-order valence-corrected chi connectivity index (χ3v) is 5.57. The highest BCUT2D eigenvalue weighted by atomic mass is 35.5. The van der Waals surface area contributed by atoms with Crippen LogP contribution in [0.1, 0.15) is 22.7 Å². The minimum Gasteiger partial charge on any atom is -0.297 e. The van der Waals surface area contributed by atoms with E-state index in [9.17, 15) is 0 Å². The normalized spacial score (nSPS) is 16.9. The molecule has 4 rings (SSSR count). The monoisotopic (exact) mass is 376 g/mol. The molecule has 1 unspecified atom stereocenters. The van der Waals surface area contributed by atoms with E-state index in [0.29, 0.717) is 0 Å². The highest BCUT2D eigenvalue weighted by Gasteiger charge is 2.26. The Hall–Kier alpha value is -2.13. The van der Waals surface area contributed by atoms with Gasteiger partial charge in [-0.3, -0.25) is 9.80 Å². The molecule has 138 valence electrons. The zero-order valence-corrected chi connectivity index (χ0v) is 16.2. The minimum absolute atomic E-state index is 0.280. The second-order valence-corrected chi connectivity index (χ2v) is 7.60. The van der Waals surface area contributed by atoms with E-state index in [4.69, 9.17) is 11.6 Å². The van der Waals surface area contributed by atoms with E-state index in [1.807, 2.05) is 12.1 Å². The Morgan fingerprint density at radius 3 is 1.85 bits per heavy atom. The number of nitrogens with zero attached hydrogens (tertiary/aromatic N) is 2. The first-order chi connectivity index (χ1) is 13.3. The summed E-state index contributed by atoms with van der Waals surface area (Å²) in [5.74, 6) is 0. The van der Waals surface area contributed by atoms with Crippen LogP contribution in [0.2, 0.25) is 5.02 Å². The fourth-order valence-corrected chi connectivity index (χ4v) is 4.04. The largest absolute Gasteiger partial charge is 0.297 e. The number of benzene rings is 3. The number of rotatable bonds is 5. The van der Waals surface area contributed by atoms with Crippen LogP contribution in [-0.2, 0) is 6.54 Å². The summed E-state index contributed by atoms with van der Waals surface area (Å²) in [7, 11) is 0. The van der Waals surface area contributed by atoms with Gasteiger partial charge in [-0.15, -0.1) is 0 Å². The molecule has 0 spiro atoms. The van der Waals surface area contributed by atoms with Crippen molar-refractivity contribution >= 4 is 11.6 Å². The van der Waals surface area contributed by atoms with E-state index in [1.165, 1.54) is 16.7 Å². The van der Waals surface area contributed by atoms with Crippen molar-refractivity contribution in [3.05, 3.63) is 107 Å². The molecule has 1 atom stereocenters. The van der Waals surface area contributed by atoms with E-state index in [0.717, 1.165) is 37.7 Å². The summed E-state index contributed by atoms with van der Waals surface area (Å²) in [5, 5.41) is 0.790. The minimum atomic E-state index is 0.280. The van der Waals surface area contributed by atoms with Gasteiger partial charge >= 0.3 is 0 Å². The maximum Gasteiger partial charge on any atom is 0.0602 e. The van der Waals surface area contributed by atoms with Crippen molar-refractivity contribution in [3.63, 3.8) is 0 Å². The summed E-state index contributed by atoms with van der Waals surface area (Å²) in [5.41, 5.74) is 4.04. The van der Waals surface area contributed by atoms with E-state index in [2.05, 4.69) is 82.6 Å². The number of piperazine rings is 1. The molecule has 3 aromatic rings. The van der Waals surface area contributed by atoms with Crippen LogP contribution >= 0.6 is 11.6 Å². The lowest BCUT2D eigenvalue weighted by Crippen LogP contribution is -2.47. The van der Waals surface area contributed by atoms with Gasteiger partial charge in [0.1, 0.15) is 0 Å². The molecule has 0 saturated carbocycles. The second kappa shape index (κ2) is 8.71. The molecule has 3 heteroatoms. The van der Waals surface area contributed by atoms with Crippen LogP contribution in [-0.4, -0.2) is 36.0 Å². The van der Waals surface area contributed by atoms with E-state index < -0.39 is 0 Å². The molecule has 1 aliphatic heterocycles. The van der Waals surface area contributed by atoms with Crippen molar-refractivity contribution in [2.45, 2.75) is 12.6 Å². The molecule has 1 fully saturated rings. The maximum absolute atomic E-state index is 6.12. The first kappa shape index (κ1) is 18.2. The lowest BCUT2D eigenvalue weighted by atomic mass is 9.96. The zero-order chi connectivity index (χ0) is 18.5. The molecule has 0 aliphatic carbocycles. The van der Waals surface area contributed by atoms with Crippen LogP contribution in [0.5, 0.6) is 0 Å². The fourth-order valence-electron chi connectivity index (χ4n) is 3.92. The van der Waals surface area contributed by atoms with Gasteiger partial charge in [-0.2, -0.15) is 0 Å². The van der Waals surface area contributed by atoms with Crippen LogP contribution in [0.4, 0.5) is 0 Å². The average Bonchev–Trinajstić information content (AvgIpc) is 2.73. The van der Waals surface area contributed by atoms with Gasteiger partial charge in [0.05, 0.1) is 6.04 Å². The molecule has 0 bridgehead atoms. The van der Waals surface area contributed by atoms with Crippen molar-refractivity contribution in [3.8, 4) is 0 Å². The fraction of sp³-hybridized carbons (Fsp3) is 0.250. The Balaban J connectivity index is 1.49. The molecule has 2 nitrogen and oxygen atoms in total. The Bertz CT molecular complexity index is 825. The lowest BCUT2D eigenvalue weighted by Gasteiger charge is -2.40. The lowest BCUT2D eigenvalue weighted by molar-refractivity contribution is 0.105. The molecule has 0 amide bonds. The van der Waals surface area contributed by atoms with Crippen molar-refractivity contribution in [2.24, 2.45) is 0 Å². The number of halogens is 1. The Morgan fingerprint density at radius 2 is 1.22 bits per heavy atom. The first-order valence-electron chi connectivity index (χ1n) is 9.60. The molecule has 3 aromatic carbocycles. The topological polar surface area (TPSA) is 6.48 Å². The van der Waals surface area contributed by atoms with Gasteiger partial charge in [0.15, 0.2) is 0 Å². The second-order valence-electron chi connectivity index (χ2n) is 7.16. The van der Waals surface area contributed by atoms with E-state index in [-0.39, 0.29) is 6.04 Å². The van der Waals surface area contributed by atoms with Crippen molar-refractivity contribution in [1.29, 1.82) is 0 Å². The smallest absolute Gasteiger partial charge is 0.0602 e. The summed E-state index contributed by atoms with van der Waals surface area (Å²) in [6.07, 6.45) is 0. The van der Waals surface area contributed by atoms with Gasteiger partial charge in [-0.05, 0) is 28.8 Å². The van der Waals surface area contributed by atoms with Crippen LogP contribution in [0.3, 0.4) is 0 Å². The van der Waals surface area contributed by atoms with Gasteiger partial charge in [0, 0.05) is 37.7 Å². The third kappa shape index (κ3) is 4.59. The standard InChI is InChI=1S/C24H25ClN2/c25-23-13-11-22(12-14-23)24(21-9-5-2-6-10-21)27-17-15-26(16-18-27)19-20-7-3-1-4-8-20/h1-14,24H,15-19H2. The Kier molecular flexibility index (Phi) is 5.88. The molecule has 0 aromatic heterocycles. The van der Waals surface area contributed by atoms with Crippen LogP contribution in [0.25, 0.3) is 0 Å². The van der Waals surface area contributed by atoms with Gasteiger partial charge in [0.25, 0.3) is 0 Å². The molecule has 0 N–H and O–H groups in total. The third-order valence-electron chi connectivity index (χ3n) is 5.32. The van der Waals surface area contributed by atoms with Gasteiger partial charge < -0.3 is 0 Å². The summed E-state index contributed by atoms with van der Waals surface area (Å²) >= 11 is 6.12. The van der Waals surface area contributed by atoms with Gasteiger partial charge in [-0.25, -0.2) is 0 Å². The Morgan fingerprint density at radius 1 is 0.667 bits per heavy atom. The maximum atomic E-state index is 6.12. The summed E-state index contributed by atoms with van der Waals surface area (Å²) in [6, 6.07) is 30.2. The van der Waals surface area contributed by atoms with Crippen LogP contribution < -0.4 is 0 Å². The predicted molar refractivity (Wildman–Crippen MR) is 113 cm³/mol. The number of hydrogen-bond donors (Lipinski definition) is 0. The molecule has 1 heterocycles. The van der Waals surface area contributed by atoms with Crippen molar-refractivity contribution in [2.75, 3.05) is 26.2 Å². The molecule has 27 heavy (non-hydrogen) atoms. The molecular formula is C24H25ClN2. The van der Waals surface area contributed by atoms with E-state index >= 15 is 0 Å². The van der Waals surface area contributed by atoms with Gasteiger partial charge in [0.2, 0.25) is 0 Å². The highest BCUT2D eigenvalue weighted by molar-refractivity contribution is 6.30. The first-order valence-corrected chi connectivity index (χ1v) is 9.98. The van der Waals surface area contributed by atoms with Crippen molar-refractivity contribution < 1.29 is 0 Å². The van der Waals surface area contributed by atoms with Gasteiger partial charge in [-0.1, -0.05) is 84.4 Å². The number of hydrogen-bond acceptors (Lipinski definition) is 2. The Labute approximate surface area is 167 Å². The molecule has 0 radical (unpaired) electrons. The van der Waals surface area contributed by atoms with Crippen LogP contribution in [0.15, 0.2) is 84.9 Å².